The van der Waals surface area contributed by atoms with Gasteiger partial charge in [-0.05, 0) is 38.5 Å². The fourth-order valence-corrected chi connectivity index (χ4v) is 2.37. The molecule has 134 valence electrons. The van der Waals surface area contributed by atoms with Crippen molar-refractivity contribution in [3.8, 4) is 5.88 Å². The first-order valence-corrected chi connectivity index (χ1v) is 8.43. The Balaban J connectivity index is 0.00000112. The summed E-state index contributed by atoms with van der Waals surface area (Å²) in [6.45, 7) is 10.3. The van der Waals surface area contributed by atoms with E-state index in [0.717, 1.165) is 5.69 Å². The number of alkyl halides is 3. The van der Waals surface area contributed by atoms with Crippen LogP contribution < -0.4 is 4.74 Å². The SMILES string of the molecule is CC.CC.Cc1cc(OCC2CCC(C(F)(F)F)CC2)ncn1. The van der Waals surface area contributed by atoms with Crippen molar-refractivity contribution in [2.45, 2.75) is 66.5 Å². The number of aromatic nitrogens is 2. The number of halogens is 3. The van der Waals surface area contributed by atoms with E-state index < -0.39 is 12.1 Å². The van der Waals surface area contributed by atoms with Crippen molar-refractivity contribution < 1.29 is 17.9 Å². The van der Waals surface area contributed by atoms with E-state index in [2.05, 4.69) is 9.97 Å². The second-order valence-electron chi connectivity index (χ2n) is 5.07. The molecule has 1 heterocycles. The summed E-state index contributed by atoms with van der Waals surface area (Å²) in [5, 5.41) is 0. The first-order chi connectivity index (χ1) is 10.9. The zero-order valence-corrected chi connectivity index (χ0v) is 14.8. The number of ether oxygens (including phenoxy) is 1. The van der Waals surface area contributed by atoms with Gasteiger partial charge in [-0.3, -0.25) is 0 Å². The lowest BCUT2D eigenvalue weighted by Crippen LogP contribution is -2.29. The molecule has 0 saturated heterocycles. The molecule has 0 spiro atoms. The summed E-state index contributed by atoms with van der Waals surface area (Å²) in [5.74, 6) is -0.454. The van der Waals surface area contributed by atoms with Gasteiger partial charge in [-0.15, -0.1) is 0 Å². The maximum absolute atomic E-state index is 12.5. The van der Waals surface area contributed by atoms with Gasteiger partial charge in [0.25, 0.3) is 0 Å². The zero-order chi connectivity index (χ0) is 17.9. The summed E-state index contributed by atoms with van der Waals surface area (Å²) >= 11 is 0. The number of hydrogen-bond donors (Lipinski definition) is 0. The van der Waals surface area contributed by atoms with Crippen LogP contribution >= 0.6 is 0 Å². The summed E-state index contributed by atoms with van der Waals surface area (Å²) in [6.07, 6.45) is -1.08. The smallest absolute Gasteiger partial charge is 0.391 e. The molecule has 1 aliphatic carbocycles. The number of rotatable bonds is 3. The van der Waals surface area contributed by atoms with Crippen LogP contribution in [0.2, 0.25) is 0 Å². The maximum Gasteiger partial charge on any atom is 0.391 e. The highest BCUT2D eigenvalue weighted by molar-refractivity contribution is 5.11. The van der Waals surface area contributed by atoms with E-state index in [-0.39, 0.29) is 18.8 Å². The minimum Gasteiger partial charge on any atom is -0.477 e. The van der Waals surface area contributed by atoms with Crippen molar-refractivity contribution >= 4 is 0 Å². The van der Waals surface area contributed by atoms with Gasteiger partial charge in [0.05, 0.1) is 12.5 Å². The topological polar surface area (TPSA) is 35.0 Å². The molecule has 1 saturated carbocycles. The van der Waals surface area contributed by atoms with E-state index in [1.54, 1.807) is 6.07 Å². The van der Waals surface area contributed by atoms with Crippen LogP contribution in [0, 0.1) is 18.8 Å². The number of hydrogen-bond acceptors (Lipinski definition) is 3. The van der Waals surface area contributed by atoms with Crippen LogP contribution in [-0.4, -0.2) is 22.8 Å². The Hall–Kier alpha value is -1.33. The summed E-state index contributed by atoms with van der Waals surface area (Å²) in [5.41, 5.74) is 0.811. The van der Waals surface area contributed by atoms with Crippen LogP contribution in [0.3, 0.4) is 0 Å². The van der Waals surface area contributed by atoms with Crippen LogP contribution in [-0.2, 0) is 0 Å². The molecular weight excluding hydrogens is 305 g/mol. The molecule has 23 heavy (non-hydrogen) atoms. The average molecular weight is 334 g/mol. The van der Waals surface area contributed by atoms with E-state index in [0.29, 0.717) is 25.3 Å². The minimum atomic E-state index is -4.05. The largest absolute Gasteiger partial charge is 0.477 e. The van der Waals surface area contributed by atoms with Gasteiger partial charge in [-0.1, -0.05) is 27.7 Å². The molecule has 1 aromatic rings. The summed E-state index contributed by atoms with van der Waals surface area (Å²) in [4.78, 5) is 7.92. The van der Waals surface area contributed by atoms with E-state index in [9.17, 15) is 13.2 Å². The summed E-state index contributed by atoms with van der Waals surface area (Å²) in [7, 11) is 0. The Morgan fingerprint density at radius 1 is 1.04 bits per heavy atom. The van der Waals surface area contributed by atoms with Gasteiger partial charge in [0.1, 0.15) is 6.33 Å². The molecule has 0 amide bonds. The summed E-state index contributed by atoms with van der Waals surface area (Å²) in [6, 6.07) is 1.72. The lowest BCUT2D eigenvalue weighted by molar-refractivity contribution is -0.184. The Bertz CT molecular complexity index is 417. The van der Waals surface area contributed by atoms with Gasteiger partial charge in [-0.2, -0.15) is 13.2 Å². The molecule has 0 bridgehead atoms. The lowest BCUT2D eigenvalue weighted by Gasteiger charge is -2.29. The van der Waals surface area contributed by atoms with Crippen LogP contribution in [0.5, 0.6) is 5.88 Å². The fraction of sp³-hybridized carbons (Fsp3) is 0.765. The van der Waals surface area contributed by atoms with E-state index in [1.165, 1.54) is 6.33 Å². The molecule has 3 nitrogen and oxygen atoms in total. The Labute approximate surface area is 137 Å². The van der Waals surface area contributed by atoms with Gasteiger partial charge in [-0.25, -0.2) is 9.97 Å². The first kappa shape index (κ1) is 21.7. The van der Waals surface area contributed by atoms with E-state index in [4.69, 9.17) is 4.74 Å². The Kier molecular flexibility index (Phi) is 10.6. The molecule has 6 heteroatoms. The minimum absolute atomic E-state index is 0.189. The third kappa shape index (κ3) is 8.18. The average Bonchev–Trinajstić information content (AvgIpc) is 2.56. The van der Waals surface area contributed by atoms with Crippen LogP contribution in [0.15, 0.2) is 12.4 Å². The van der Waals surface area contributed by atoms with Crippen LogP contribution in [0.1, 0.15) is 59.1 Å². The number of aryl methyl sites for hydroxylation is 1. The van der Waals surface area contributed by atoms with E-state index in [1.807, 2.05) is 34.6 Å². The summed E-state index contributed by atoms with van der Waals surface area (Å²) < 4.78 is 43.1. The normalized spacial score (nSPS) is 20.5. The second-order valence-corrected chi connectivity index (χ2v) is 5.07. The van der Waals surface area contributed by atoms with Crippen molar-refractivity contribution in [3.05, 3.63) is 18.1 Å². The third-order valence-corrected chi connectivity index (χ3v) is 3.56. The molecule has 1 aromatic heterocycles. The molecule has 1 aliphatic rings. The molecule has 1 fully saturated rings. The number of nitrogens with zero attached hydrogens (tertiary/aromatic N) is 2. The predicted molar refractivity (Wildman–Crippen MR) is 86.5 cm³/mol. The van der Waals surface area contributed by atoms with Gasteiger partial charge < -0.3 is 4.74 Å². The lowest BCUT2D eigenvalue weighted by atomic mass is 9.82. The molecule has 0 aromatic carbocycles. The fourth-order valence-electron chi connectivity index (χ4n) is 2.37. The van der Waals surface area contributed by atoms with Gasteiger partial charge in [0, 0.05) is 11.8 Å². The highest BCUT2D eigenvalue weighted by Crippen LogP contribution is 2.39. The highest BCUT2D eigenvalue weighted by Gasteiger charge is 2.41. The van der Waals surface area contributed by atoms with Crippen LogP contribution in [0.25, 0.3) is 0 Å². The van der Waals surface area contributed by atoms with Crippen molar-refractivity contribution in [1.29, 1.82) is 0 Å². The molecule has 0 atom stereocenters. The van der Waals surface area contributed by atoms with Crippen molar-refractivity contribution in [2.24, 2.45) is 11.8 Å². The molecule has 0 N–H and O–H groups in total. The van der Waals surface area contributed by atoms with Crippen molar-refractivity contribution in [1.82, 2.24) is 9.97 Å². The first-order valence-electron chi connectivity index (χ1n) is 8.43. The van der Waals surface area contributed by atoms with Gasteiger partial charge in [0.2, 0.25) is 5.88 Å². The molecule has 0 aliphatic heterocycles. The molecule has 0 unspecified atom stereocenters. The van der Waals surface area contributed by atoms with Gasteiger partial charge >= 0.3 is 6.18 Å². The van der Waals surface area contributed by atoms with Crippen molar-refractivity contribution in [2.75, 3.05) is 6.61 Å². The van der Waals surface area contributed by atoms with Crippen LogP contribution in [0.4, 0.5) is 13.2 Å². The standard InChI is InChI=1S/C13H17F3N2O.2C2H6/c1-9-6-12(18-8-17-9)19-7-10-2-4-11(5-3-10)13(14,15)16;2*1-2/h6,8,10-11H,2-5,7H2,1H3;2*1-2H3. The van der Waals surface area contributed by atoms with Gasteiger partial charge in [0.15, 0.2) is 0 Å². The quantitative estimate of drug-likeness (QED) is 0.723. The second kappa shape index (κ2) is 11.2. The zero-order valence-electron chi connectivity index (χ0n) is 14.8. The maximum atomic E-state index is 12.5. The van der Waals surface area contributed by atoms with E-state index >= 15 is 0 Å². The Morgan fingerprint density at radius 3 is 2.09 bits per heavy atom. The Morgan fingerprint density at radius 2 is 1.61 bits per heavy atom. The highest BCUT2D eigenvalue weighted by atomic mass is 19.4. The predicted octanol–water partition coefficient (Wildman–Crippen LogP) is 5.58. The molecule has 0 radical (unpaired) electrons. The van der Waals surface area contributed by atoms with Crippen molar-refractivity contribution in [3.63, 3.8) is 0 Å². The third-order valence-electron chi connectivity index (χ3n) is 3.56. The molecular formula is C17H29F3N2O. The molecule has 2 rings (SSSR count). The monoisotopic (exact) mass is 334 g/mol.